The van der Waals surface area contributed by atoms with Crippen LogP contribution in [0.2, 0.25) is 0 Å². The Morgan fingerprint density at radius 3 is 2.92 bits per heavy atom. The number of rotatable bonds is 3. The van der Waals surface area contributed by atoms with E-state index in [0.29, 0.717) is 0 Å². The van der Waals surface area contributed by atoms with Gasteiger partial charge in [0.25, 0.3) is 0 Å². The minimum atomic E-state index is 0.729. The van der Waals surface area contributed by atoms with E-state index in [-0.39, 0.29) is 0 Å². The maximum atomic E-state index is 5.51. The standard InChI is InChI=1S/C9H15N3/c1-8(2)4-3-5-12-7-9(10)6-11-12/h4,6-7H,3,5,10H2,1-2H3. The molecule has 0 amide bonds. The normalized spacial score (nSPS) is 9.83. The summed E-state index contributed by atoms with van der Waals surface area (Å²) in [6.45, 7) is 5.09. The van der Waals surface area contributed by atoms with Gasteiger partial charge in [-0.25, -0.2) is 0 Å². The molecule has 0 aliphatic rings. The van der Waals surface area contributed by atoms with Crippen molar-refractivity contribution in [3.8, 4) is 0 Å². The molecule has 12 heavy (non-hydrogen) atoms. The zero-order chi connectivity index (χ0) is 8.97. The van der Waals surface area contributed by atoms with Gasteiger partial charge in [0.15, 0.2) is 0 Å². The molecule has 0 saturated carbocycles. The molecule has 1 heterocycles. The second kappa shape index (κ2) is 3.95. The molecule has 0 spiro atoms. The number of aryl methyl sites for hydroxylation is 1. The fraction of sp³-hybridized carbons (Fsp3) is 0.444. The predicted octanol–water partition coefficient (Wildman–Crippen LogP) is 1.82. The van der Waals surface area contributed by atoms with E-state index < -0.39 is 0 Å². The zero-order valence-corrected chi connectivity index (χ0v) is 7.62. The summed E-state index contributed by atoms with van der Waals surface area (Å²) in [6, 6.07) is 0. The lowest BCUT2D eigenvalue weighted by Gasteiger charge is -1.96. The fourth-order valence-electron chi connectivity index (χ4n) is 0.987. The van der Waals surface area contributed by atoms with Crippen LogP contribution < -0.4 is 5.73 Å². The SMILES string of the molecule is CC(C)=CCCn1cc(N)cn1. The number of nitrogens with zero attached hydrogens (tertiary/aromatic N) is 2. The number of anilines is 1. The van der Waals surface area contributed by atoms with Crippen LogP contribution in [-0.2, 0) is 6.54 Å². The van der Waals surface area contributed by atoms with Gasteiger partial charge in [-0.1, -0.05) is 11.6 Å². The van der Waals surface area contributed by atoms with E-state index in [1.54, 1.807) is 6.20 Å². The van der Waals surface area contributed by atoms with E-state index >= 15 is 0 Å². The van der Waals surface area contributed by atoms with Crippen molar-refractivity contribution in [3.05, 3.63) is 24.0 Å². The maximum Gasteiger partial charge on any atom is 0.0719 e. The molecule has 0 saturated heterocycles. The Labute approximate surface area is 72.9 Å². The van der Waals surface area contributed by atoms with E-state index in [1.807, 2.05) is 10.9 Å². The lowest BCUT2D eigenvalue weighted by molar-refractivity contribution is 0.622. The molecule has 3 heteroatoms. The van der Waals surface area contributed by atoms with Crippen LogP contribution in [0.4, 0.5) is 5.69 Å². The van der Waals surface area contributed by atoms with Gasteiger partial charge in [0.05, 0.1) is 11.9 Å². The lowest BCUT2D eigenvalue weighted by Crippen LogP contribution is -1.96. The highest BCUT2D eigenvalue weighted by atomic mass is 15.3. The summed E-state index contributed by atoms with van der Waals surface area (Å²) < 4.78 is 1.86. The van der Waals surface area contributed by atoms with Gasteiger partial charge in [0, 0.05) is 12.7 Å². The summed E-state index contributed by atoms with van der Waals surface area (Å²) in [5.41, 5.74) is 7.58. The van der Waals surface area contributed by atoms with Crippen LogP contribution in [-0.4, -0.2) is 9.78 Å². The highest BCUT2D eigenvalue weighted by molar-refractivity contribution is 5.30. The molecule has 0 bridgehead atoms. The topological polar surface area (TPSA) is 43.8 Å². The van der Waals surface area contributed by atoms with E-state index in [0.717, 1.165) is 18.7 Å². The van der Waals surface area contributed by atoms with E-state index in [4.69, 9.17) is 5.73 Å². The van der Waals surface area contributed by atoms with Crippen LogP contribution in [0.25, 0.3) is 0 Å². The van der Waals surface area contributed by atoms with Gasteiger partial charge in [-0.2, -0.15) is 5.10 Å². The molecule has 0 aliphatic heterocycles. The molecule has 0 aromatic carbocycles. The Balaban J connectivity index is 2.38. The Hall–Kier alpha value is -1.25. The van der Waals surface area contributed by atoms with Crippen LogP contribution in [0.1, 0.15) is 20.3 Å². The monoisotopic (exact) mass is 165 g/mol. The smallest absolute Gasteiger partial charge is 0.0719 e. The summed E-state index contributed by atoms with van der Waals surface area (Å²) in [5.74, 6) is 0. The minimum absolute atomic E-state index is 0.729. The molecule has 0 aliphatic carbocycles. The fourth-order valence-corrected chi connectivity index (χ4v) is 0.987. The highest BCUT2D eigenvalue weighted by Gasteiger charge is 1.91. The van der Waals surface area contributed by atoms with Gasteiger partial charge < -0.3 is 5.73 Å². The van der Waals surface area contributed by atoms with Gasteiger partial charge >= 0.3 is 0 Å². The van der Waals surface area contributed by atoms with Crippen LogP contribution in [0, 0.1) is 0 Å². The third kappa shape index (κ3) is 2.78. The average Bonchev–Trinajstić information content (AvgIpc) is 2.35. The second-order valence-electron chi connectivity index (χ2n) is 3.11. The van der Waals surface area contributed by atoms with Gasteiger partial charge in [-0.3, -0.25) is 4.68 Å². The number of hydrogen-bond donors (Lipinski definition) is 1. The highest BCUT2D eigenvalue weighted by Crippen LogP contribution is 2.00. The first-order valence-corrected chi connectivity index (χ1v) is 4.10. The van der Waals surface area contributed by atoms with Crippen molar-refractivity contribution in [2.75, 3.05) is 5.73 Å². The molecule has 0 unspecified atom stereocenters. The van der Waals surface area contributed by atoms with E-state index in [1.165, 1.54) is 5.57 Å². The lowest BCUT2D eigenvalue weighted by atomic mass is 10.3. The molecule has 0 fully saturated rings. The number of aromatic nitrogens is 2. The van der Waals surface area contributed by atoms with E-state index in [9.17, 15) is 0 Å². The quantitative estimate of drug-likeness (QED) is 0.694. The number of hydrogen-bond acceptors (Lipinski definition) is 2. The van der Waals surface area contributed by atoms with Gasteiger partial charge in [0.1, 0.15) is 0 Å². The van der Waals surface area contributed by atoms with Gasteiger partial charge in [0.2, 0.25) is 0 Å². The van der Waals surface area contributed by atoms with Crippen molar-refractivity contribution in [3.63, 3.8) is 0 Å². The summed E-state index contributed by atoms with van der Waals surface area (Å²) in [6.07, 6.45) is 6.72. The zero-order valence-electron chi connectivity index (χ0n) is 7.62. The Morgan fingerprint density at radius 1 is 1.67 bits per heavy atom. The van der Waals surface area contributed by atoms with Crippen molar-refractivity contribution in [2.24, 2.45) is 0 Å². The number of nitrogen functional groups attached to an aromatic ring is 1. The first kappa shape index (κ1) is 8.84. The van der Waals surface area contributed by atoms with E-state index in [2.05, 4.69) is 25.0 Å². The molecule has 66 valence electrons. The van der Waals surface area contributed by atoms with Crippen molar-refractivity contribution >= 4 is 5.69 Å². The number of allylic oxidation sites excluding steroid dienone is 2. The Bertz CT molecular complexity index is 269. The summed E-state index contributed by atoms with van der Waals surface area (Å²) in [4.78, 5) is 0. The van der Waals surface area contributed by atoms with Crippen molar-refractivity contribution in [1.29, 1.82) is 0 Å². The van der Waals surface area contributed by atoms with Crippen LogP contribution in [0.5, 0.6) is 0 Å². The van der Waals surface area contributed by atoms with Gasteiger partial charge in [-0.15, -0.1) is 0 Å². The van der Waals surface area contributed by atoms with Crippen molar-refractivity contribution < 1.29 is 0 Å². The Morgan fingerprint density at radius 2 is 2.42 bits per heavy atom. The molecule has 0 radical (unpaired) electrons. The van der Waals surface area contributed by atoms with Crippen molar-refractivity contribution in [2.45, 2.75) is 26.8 Å². The second-order valence-corrected chi connectivity index (χ2v) is 3.11. The third-order valence-electron chi connectivity index (χ3n) is 1.56. The summed E-state index contributed by atoms with van der Waals surface area (Å²) in [5, 5.41) is 4.08. The Kier molecular flexibility index (Phi) is 2.91. The molecule has 1 aromatic heterocycles. The third-order valence-corrected chi connectivity index (χ3v) is 1.56. The van der Waals surface area contributed by atoms with Crippen LogP contribution >= 0.6 is 0 Å². The first-order chi connectivity index (χ1) is 5.68. The molecule has 3 nitrogen and oxygen atoms in total. The van der Waals surface area contributed by atoms with Crippen LogP contribution in [0.3, 0.4) is 0 Å². The average molecular weight is 165 g/mol. The molecule has 0 atom stereocenters. The predicted molar refractivity (Wildman–Crippen MR) is 50.7 cm³/mol. The molecular formula is C9H15N3. The summed E-state index contributed by atoms with van der Waals surface area (Å²) in [7, 11) is 0. The first-order valence-electron chi connectivity index (χ1n) is 4.10. The van der Waals surface area contributed by atoms with Crippen LogP contribution in [0.15, 0.2) is 24.0 Å². The molecule has 1 aromatic rings. The molecule has 1 rings (SSSR count). The molecule has 2 N–H and O–H groups in total. The minimum Gasteiger partial charge on any atom is -0.396 e. The maximum absolute atomic E-state index is 5.51. The van der Waals surface area contributed by atoms with Gasteiger partial charge in [-0.05, 0) is 20.3 Å². The number of nitrogens with two attached hydrogens (primary N) is 1. The largest absolute Gasteiger partial charge is 0.396 e. The molecular weight excluding hydrogens is 150 g/mol. The van der Waals surface area contributed by atoms with Crippen molar-refractivity contribution in [1.82, 2.24) is 9.78 Å². The summed E-state index contributed by atoms with van der Waals surface area (Å²) >= 11 is 0.